The second-order valence-electron chi connectivity index (χ2n) is 10.5. The first-order valence-corrected chi connectivity index (χ1v) is 12.4. The van der Waals surface area contributed by atoms with Crippen molar-refractivity contribution in [3.8, 4) is 6.07 Å². The van der Waals surface area contributed by atoms with E-state index >= 15 is 0 Å². The molecule has 1 aromatic carbocycles. The molecule has 3 fully saturated rings. The van der Waals surface area contributed by atoms with Crippen LogP contribution in [0.5, 0.6) is 0 Å². The Morgan fingerprint density at radius 2 is 1.87 bits per heavy atom. The van der Waals surface area contributed by atoms with Crippen molar-refractivity contribution in [3.05, 3.63) is 29.8 Å². The van der Waals surface area contributed by atoms with Crippen molar-refractivity contribution in [1.82, 2.24) is 16.0 Å². The van der Waals surface area contributed by atoms with E-state index < -0.39 is 59.0 Å². The average Bonchev–Trinajstić information content (AvgIpc) is 3.78. The lowest BCUT2D eigenvalue weighted by atomic mass is 9.79. The van der Waals surface area contributed by atoms with Gasteiger partial charge in [-0.25, -0.2) is 9.29 Å². The molecule has 4 atom stereocenters. The third kappa shape index (κ3) is 4.51. The topological polar surface area (TPSA) is 131 Å². The van der Waals surface area contributed by atoms with Crippen molar-refractivity contribution in [2.24, 2.45) is 5.92 Å². The smallest absolute Gasteiger partial charge is 0.342 e. The van der Waals surface area contributed by atoms with Crippen molar-refractivity contribution in [2.45, 2.75) is 73.9 Å². The van der Waals surface area contributed by atoms with E-state index in [2.05, 4.69) is 16.7 Å². The summed E-state index contributed by atoms with van der Waals surface area (Å²) in [6, 6.07) is 4.59. The molecule has 0 bridgehead atoms. The lowest BCUT2D eigenvalue weighted by Crippen LogP contribution is -2.60. The second kappa shape index (κ2) is 9.04. The number of nitriles is 1. The van der Waals surface area contributed by atoms with Crippen LogP contribution in [-0.4, -0.2) is 60.1 Å². The summed E-state index contributed by atoms with van der Waals surface area (Å²) in [6.45, 7) is 0.125. The first-order chi connectivity index (χ1) is 17.9. The third-order valence-corrected chi connectivity index (χ3v) is 7.77. The lowest BCUT2D eigenvalue weighted by Gasteiger charge is -2.28. The number of amides is 4. The number of nitrogens with one attached hydrogen (secondary N) is 3. The summed E-state index contributed by atoms with van der Waals surface area (Å²) in [4.78, 5) is 53.1. The SMILES string of the molecule is N#C[C@@H]1C[C@@]2(CN1)C(=O)N(C(=O)[C@H](CC1CC1)NC(=O)[C@@H](NC(=O)C(F)(F)F)C1(F)CC1)c1ccccc12. The summed E-state index contributed by atoms with van der Waals surface area (Å²) >= 11 is 0. The number of hydrogen-bond acceptors (Lipinski definition) is 6. The largest absolute Gasteiger partial charge is 0.471 e. The standard InChI is InChI=1S/C25H25F4N5O4/c26-24(7-8-24)18(33-21(37)25(27,28)29)19(35)32-16(9-13-5-6-13)20(36)34-17-4-2-1-3-15(17)23(22(34)38)10-14(11-30)31-12-23/h1-4,13-14,16,18,31H,5-10,12H2,(H,32,35)(H,33,37)/t14-,16-,18+,23-/m0/s1. The molecule has 3 N–H and O–H groups in total. The highest BCUT2D eigenvalue weighted by Gasteiger charge is 2.59. The highest BCUT2D eigenvalue weighted by Crippen LogP contribution is 2.47. The molecule has 0 aromatic heterocycles. The monoisotopic (exact) mass is 535 g/mol. The van der Waals surface area contributed by atoms with Crippen molar-refractivity contribution in [2.75, 3.05) is 11.4 Å². The molecule has 4 amide bonds. The van der Waals surface area contributed by atoms with Gasteiger partial charge in [0.1, 0.15) is 17.8 Å². The van der Waals surface area contributed by atoms with Gasteiger partial charge in [-0.05, 0) is 43.2 Å². The zero-order chi connectivity index (χ0) is 27.5. The van der Waals surface area contributed by atoms with Gasteiger partial charge in [-0.15, -0.1) is 0 Å². The maximum Gasteiger partial charge on any atom is 0.471 e. The first-order valence-electron chi connectivity index (χ1n) is 12.4. The number of nitrogens with zero attached hydrogens (tertiary/aromatic N) is 2. The minimum Gasteiger partial charge on any atom is -0.342 e. The van der Waals surface area contributed by atoms with E-state index in [-0.39, 0.29) is 38.1 Å². The van der Waals surface area contributed by atoms with Crippen LogP contribution in [-0.2, 0) is 24.6 Å². The molecule has 1 aromatic rings. The van der Waals surface area contributed by atoms with E-state index in [4.69, 9.17) is 0 Å². The Kier molecular flexibility index (Phi) is 6.21. The van der Waals surface area contributed by atoms with Gasteiger partial charge in [0.2, 0.25) is 11.8 Å². The lowest BCUT2D eigenvalue weighted by molar-refractivity contribution is -0.175. The summed E-state index contributed by atoms with van der Waals surface area (Å²) in [6.07, 6.45) is -4.04. The van der Waals surface area contributed by atoms with Crippen LogP contribution in [0, 0.1) is 17.2 Å². The van der Waals surface area contributed by atoms with Gasteiger partial charge in [0.05, 0.1) is 23.2 Å². The number of fused-ring (bicyclic) bond motifs is 2. The predicted molar refractivity (Wildman–Crippen MR) is 123 cm³/mol. The molecule has 1 spiro atoms. The maximum absolute atomic E-state index is 14.9. The van der Waals surface area contributed by atoms with Gasteiger partial charge in [-0.1, -0.05) is 31.0 Å². The first kappa shape index (κ1) is 26.1. The van der Waals surface area contributed by atoms with Crippen molar-refractivity contribution in [3.63, 3.8) is 0 Å². The molecular weight excluding hydrogens is 510 g/mol. The van der Waals surface area contributed by atoms with Crippen LogP contribution in [0.4, 0.5) is 23.2 Å². The number of hydrogen-bond donors (Lipinski definition) is 3. The van der Waals surface area contributed by atoms with Crippen LogP contribution in [0.1, 0.15) is 44.1 Å². The molecule has 38 heavy (non-hydrogen) atoms. The Hall–Kier alpha value is -3.53. The van der Waals surface area contributed by atoms with Gasteiger partial charge in [0.15, 0.2) is 0 Å². The van der Waals surface area contributed by atoms with Crippen LogP contribution in [0.15, 0.2) is 24.3 Å². The molecule has 202 valence electrons. The van der Waals surface area contributed by atoms with Gasteiger partial charge in [0, 0.05) is 6.54 Å². The van der Waals surface area contributed by atoms with Gasteiger partial charge >= 0.3 is 12.1 Å². The zero-order valence-corrected chi connectivity index (χ0v) is 20.1. The summed E-state index contributed by atoms with van der Waals surface area (Å²) in [5.74, 6) is -5.06. The molecule has 2 heterocycles. The average molecular weight is 535 g/mol. The van der Waals surface area contributed by atoms with Gasteiger partial charge in [-0.2, -0.15) is 18.4 Å². The number of halogens is 4. The summed E-state index contributed by atoms with van der Waals surface area (Å²) < 4.78 is 53.4. The molecule has 9 nitrogen and oxygen atoms in total. The number of para-hydroxylation sites is 1. The molecule has 13 heteroatoms. The summed E-state index contributed by atoms with van der Waals surface area (Å²) in [5.41, 5.74) is -2.68. The Bertz CT molecular complexity index is 1240. The van der Waals surface area contributed by atoms with E-state index in [1.807, 2.05) is 0 Å². The Balaban J connectivity index is 1.42. The number of carbonyl (C=O) groups is 4. The van der Waals surface area contributed by atoms with E-state index in [0.717, 1.165) is 17.7 Å². The Labute approximate surface area is 214 Å². The van der Waals surface area contributed by atoms with Crippen LogP contribution < -0.4 is 20.9 Å². The highest BCUT2D eigenvalue weighted by atomic mass is 19.4. The minimum absolute atomic E-state index is 0.0331. The van der Waals surface area contributed by atoms with Crippen molar-refractivity contribution >= 4 is 29.3 Å². The normalized spacial score (nSPS) is 26.9. The van der Waals surface area contributed by atoms with Gasteiger partial charge in [-0.3, -0.25) is 19.2 Å². The van der Waals surface area contributed by atoms with Gasteiger partial charge in [0.25, 0.3) is 5.91 Å². The molecular formula is C25H25F4N5O4. The maximum atomic E-state index is 14.9. The van der Waals surface area contributed by atoms with Crippen LogP contribution in [0.3, 0.4) is 0 Å². The van der Waals surface area contributed by atoms with Crippen LogP contribution in [0.25, 0.3) is 0 Å². The number of benzene rings is 1. The number of imide groups is 1. The van der Waals surface area contributed by atoms with E-state index in [1.54, 1.807) is 24.3 Å². The number of anilines is 1. The fourth-order valence-electron chi connectivity index (χ4n) is 5.35. The molecule has 1 saturated heterocycles. The Morgan fingerprint density at radius 1 is 1.18 bits per heavy atom. The molecule has 0 unspecified atom stereocenters. The van der Waals surface area contributed by atoms with Crippen molar-refractivity contribution < 1.29 is 36.7 Å². The molecule has 2 aliphatic heterocycles. The highest BCUT2D eigenvalue weighted by molar-refractivity contribution is 6.24. The van der Waals surface area contributed by atoms with Gasteiger partial charge < -0.3 is 16.0 Å². The second-order valence-corrected chi connectivity index (χ2v) is 10.5. The molecule has 2 saturated carbocycles. The van der Waals surface area contributed by atoms with E-state index in [0.29, 0.717) is 11.3 Å². The fourth-order valence-corrected chi connectivity index (χ4v) is 5.35. The number of alkyl halides is 4. The zero-order valence-electron chi connectivity index (χ0n) is 20.1. The third-order valence-electron chi connectivity index (χ3n) is 7.77. The van der Waals surface area contributed by atoms with E-state index in [1.165, 1.54) is 5.32 Å². The predicted octanol–water partition coefficient (Wildman–Crippen LogP) is 1.52. The fraction of sp³-hybridized carbons (Fsp3) is 0.560. The van der Waals surface area contributed by atoms with Crippen LogP contribution >= 0.6 is 0 Å². The van der Waals surface area contributed by atoms with Crippen LogP contribution in [0.2, 0.25) is 0 Å². The Morgan fingerprint density at radius 3 is 2.45 bits per heavy atom. The molecule has 4 aliphatic rings. The molecule has 5 rings (SSSR count). The molecule has 0 radical (unpaired) electrons. The summed E-state index contributed by atoms with van der Waals surface area (Å²) in [7, 11) is 0. The number of carbonyl (C=O) groups excluding carboxylic acids is 4. The van der Waals surface area contributed by atoms with E-state index in [9.17, 15) is 42.0 Å². The quantitative estimate of drug-likeness (QED) is 0.454. The summed E-state index contributed by atoms with van der Waals surface area (Å²) in [5, 5.41) is 16.1. The molecule has 2 aliphatic carbocycles. The number of rotatable bonds is 7. The van der Waals surface area contributed by atoms with Crippen molar-refractivity contribution in [1.29, 1.82) is 5.26 Å². The minimum atomic E-state index is -5.33.